The van der Waals surface area contributed by atoms with Gasteiger partial charge < -0.3 is 14.8 Å². The van der Waals surface area contributed by atoms with Crippen molar-refractivity contribution in [3.63, 3.8) is 0 Å². The molecule has 0 saturated carbocycles. The van der Waals surface area contributed by atoms with Crippen LogP contribution >= 0.6 is 11.8 Å². The highest BCUT2D eigenvalue weighted by Gasteiger charge is 2.29. The number of fused-ring (bicyclic) bond motifs is 1. The quantitative estimate of drug-likeness (QED) is 0.900. The van der Waals surface area contributed by atoms with Gasteiger partial charge in [0, 0.05) is 23.1 Å². The van der Waals surface area contributed by atoms with Crippen LogP contribution in [0.1, 0.15) is 42.4 Å². The number of ether oxygens (including phenoxy) is 2. The molecule has 3 rings (SSSR count). The van der Waals surface area contributed by atoms with E-state index in [1.165, 1.54) is 0 Å². The Balaban J connectivity index is 1.97. The molecule has 0 fully saturated rings. The van der Waals surface area contributed by atoms with Crippen molar-refractivity contribution in [1.29, 1.82) is 0 Å². The summed E-state index contributed by atoms with van der Waals surface area (Å²) in [5.74, 6) is 3.42. The van der Waals surface area contributed by atoms with Crippen molar-refractivity contribution < 1.29 is 14.3 Å². The van der Waals surface area contributed by atoms with Crippen molar-refractivity contribution in [2.24, 2.45) is 0 Å². The third kappa shape index (κ3) is 3.33. The summed E-state index contributed by atoms with van der Waals surface area (Å²) in [5.41, 5.74) is 2.41. The van der Waals surface area contributed by atoms with Crippen LogP contribution in [0.15, 0.2) is 18.2 Å². The lowest BCUT2D eigenvalue weighted by Crippen LogP contribution is -2.27. The van der Waals surface area contributed by atoms with Gasteiger partial charge in [-0.2, -0.15) is 16.9 Å². The fourth-order valence-electron chi connectivity index (χ4n) is 2.79. The fourth-order valence-corrected chi connectivity index (χ4v) is 3.82. The van der Waals surface area contributed by atoms with E-state index in [0.717, 1.165) is 28.6 Å². The molecule has 0 bridgehead atoms. The molecule has 0 radical (unpaired) electrons. The summed E-state index contributed by atoms with van der Waals surface area (Å²) in [5, 5.41) is 7.76. The molecule has 0 saturated heterocycles. The van der Waals surface area contributed by atoms with Gasteiger partial charge in [-0.05, 0) is 32.9 Å². The molecular weight excluding hydrogens is 338 g/mol. The SMILES string of the molecule is COc1ccc(C(=O)Nc2c3c(nn2C(C)(C)C)CSC3)c(OC)c1. The minimum atomic E-state index is -0.221. The summed E-state index contributed by atoms with van der Waals surface area (Å²) in [7, 11) is 3.12. The molecule has 1 aliphatic heterocycles. The second-order valence-corrected chi connectivity index (χ2v) is 7.86. The Kier molecular flexibility index (Phi) is 4.69. The number of hydrogen-bond donors (Lipinski definition) is 1. The van der Waals surface area contributed by atoms with E-state index in [0.29, 0.717) is 17.1 Å². The van der Waals surface area contributed by atoms with E-state index in [2.05, 4.69) is 26.1 Å². The van der Waals surface area contributed by atoms with Crippen LogP contribution in [0.2, 0.25) is 0 Å². The highest BCUT2D eigenvalue weighted by molar-refractivity contribution is 7.98. The maximum absolute atomic E-state index is 12.9. The molecule has 1 aromatic carbocycles. The van der Waals surface area contributed by atoms with Gasteiger partial charge in [0.1, 0.15) is 17.3 Å². The number of carbonyl (C=O) groups is 1. The van der Waals surface area contributed by atoms with Crippen LogP contribution in [0.5, 0.6) is 11.5 Å². The van der Waals surface area contributed by atoms with E-state index in [9.17, 15) is 4.79 Å². The Morgan fingerprint density at radius 1 is 1.24 bits per heavy atom. The monoisotopic (exact) mass is 361 g/mol. The van der Waals surface area contributed by atoms with Crippen molar-refractivity contribution in [2.45, 2.75) is 37.8 Å². The first-order chi connectivity index (χ1) is 11.8. The first-order valence-corrected chi connectivity index (χ1v) is 9.23. The van der Waals surface area contributed by atoms with Gasteiger partial charge in [-0.1, -0.05) is 0 Å². The number of nitrogens with zero attached hydrogens (tertiary/aromatic N) is 2. The van der Waals surface area contributed by atoms with Crippen LogP contribution in [-0.4, -0.2) is 29.9 Å². The van der Waals surface area contributed by atoms with Crippen molar-refractivity contribution >= 4 is 23.5 Å². The predicted molar refractivity (Wildman–Crippen MR) is 99.7 cm³/mol. The average Bonchev–Trinajstić information content (AvgIpc) is 3.16. The first kappa shape index (κ1) is 17.7. The molecule has 1 aromatic heterocycles. The summed E-state index contributed by atoms with van der Waals surface area (Å²) < 4.78 is 12.5. The number of carbonyl (C=O) groups excluding carboxylic acids is 1. The molecule has 134 valence electrons. The molecular formula is C18H23N3O3S. The van der Waals surface area contributed by atoms with Crippen LogP contribution in [0, 0.1) is 0 Å². The zero-order chi connectivity index (χ0) is 18.2. The molecule has 25 heavy (non-hydrogen) atoms. The Hall–Kier alpha value is -2.15. The summed E-state index contributed by atoms with van der Waals surface area (Å²) in [6.07, 6.45) is 0. The van der Waals surface area contributed by atoms with Crippen molar-refractivity contribution in [1.82, 2.24) is 9.78 Å². The zero-order valence-corrected chi connectivity index (χ0v) is 16.0. The van der Waals surface area contributed by atoms with Crippen molar-refractivity contribution in [2.75, 3.05) is 19.5 Å². The number of hydrogen-bond acceptors (Lipinski definition) is 5. The molecule has 2 aromatic rings. The number of nitrogens with one attached hydrogen (secondary N) is 1. The van der Waals surface area contributed by atoms with E-state index in [1.807, 2.05) is 16.4 Å². The third-order valence-electron chi connectivity index (χ3n) is 4.07. The van der Waals surface area contributed by atoms with Crippen LogP contribution in [-0.2, 0) is 17.0 Å². The highest BCUT2D eigenvalue weighted by atomic mass is 32.2. The fraction of sp³-hybridized carbons (Fsp3) is 0.444. The molecule has 0 spiro atoms. The van der Waals surface area contributed by atoms with Gasteiger partial charge in [0.25, 0.3) is 5.91 Å². The lowest BCUT2D eigenvalue weighted by atomic mass is 10.1. The lowest BCUT2D eigenvalue weighted by molar-refractivity contribution is 0.102. The number of thioether (sulfide) groups is 1. The van der Waals surface area contributed by atoms with Crippen molar-refractivity contribution in [3.8, 4) is 11.5 Å². The Morgan fingerprint density at radius 2 is 2.00 bits per heavy atom. The maximum atomic E-state index is 12.9. The smallest absolute Gasteiger partial charge is 0.260 e. The molecule has 1 amide bonds. The van der Waals surface area contributed by atoms with Crippen LogP contribution < -0.4 is 14.8 Å². The predicted octanol–water partition coefficient (Wildman–Crippen LogP) is 3.65. The van der Waals surface area contributed by atoms with Gasteiger partial charge >= 0.3 is 0 Å². The van der Waals surface area contributed by atoms with E-state index >= 15 is 0 Å². The number of anilines is 1. The maximum Gasteiger partial charge on any atom is 0.260 e. The van der Waals surface area contributed by atoms with Crippen LogP contribution in [0.3, 0.4) is 0 Å². The Morgan fingerprint density at radius 3 is 2.64 bits per heavy atom. The van der Waals surface area contributed by atoms with Crippen molar-refractivity contribution in [3.05, 3.63) is 35.0 Å². The van der Waals surface area contributed by atoms with E-state index in [1.54, 1.807) is 32.4 Å². The van der Waals surface area contributed by atoms with Gasteiger partial charge in [0.05, 0.1) is 31.0 Å². The number of aromatic nitrogens is 2. The minimum Gasteiger partial charge on any atom is -0.497 e. The first-order valence-electron chi connectivity index (χ1n) is 8.07. The number of rotatable bonds is 4. The molecule has 1 N–H and O–H groups in total. The highest BCUT2D eigenvalue weighted by Crippen LogP contribution is 2.37. The minimum absolute atomic E-state index is 0.218. The second kappa shape index (κ2) is 6.63. The van der Waals surface area contributed by atoms with Gasteiger partial charge in [0.2, 0.25) is 0 Å². The van der Waals surface area contributed by atoms with E-state index in [4.69, 9.17) is 14.6 Å². The number of amides is 1. The summed E-state index contributed by atoms with van der Waals surface area (Å²) in [6, 6.07) is 5.16. The van der Waals surface area contributed by atoms with Gasteiger partial charge in [-0.15, -0.1) is 0 Å². The standard InChI is InChI=1S/C18H23N3O3S/c1-18(2,3)21-16(13-9-25-10-14(13)20-21)19-17(22)12-7-6-11(23-4)8-15(12)24-5/h6-8H,9-10H2,1-5H3,(H,19,22). The summed E-state index contributed by atoms with van der Waals surface area (Å²) in [4.78, 5) is 12.9. The molecule has 7 heteroatoms. The number of methoxy groups -OCH3 is 2. The van der Waals surface area contributed by atoms with Gasteiger partial charge in [-0.25, -0.2) is 4.68 Å². The topological polar surface area (TPSA) is 65.4 Å². The Labute approximate surface area is 151 Å². The average molecular weight is 361 g/mol. The largest absolute Gasteiger partial charge is 0.497 e. The third-order valence-corrected chi connectivity index (χ3v) is 5.04. The molecule has 1 aliphatic rings. The molecule has 6 nitrogen and oxygen atoms in total. The van der Waals surface area contributed by atoms with E-state index in [-0.39, 0.29) is 11.4 Å². The molecule has 2 heterocycles. The molecule has 0 aliphatic carbocycles. The molecule has 0 unspecified atom stereocenters. The second-order valence-electron chi connectivity index (χ2n) is 6.87. The van der Waals surface area contributed by atoms with Gasteiger partial charge in [0.15, 0.2) is 0 Å². The van der Waals surface area contributed by atoms with E-state index < -0.39 is 0 Å². The Bertz CT molecular complexity index is 809. The van der Waals surface area contributed by atoms with Gasteiger partial charge in [-0.3, -0.25) is 4.79 Å². The van der Waals surface area contributed by atoms with Crippen LogP contribution in [0.25, 0.3) is 0 Å². The zero-order valence-electron chi connectivity index (χ0n) is 15.2. The summed E-state index contributed by atoms with van der Waals surface area (Å²) in [6.45, 7) is 6.23. The lowest BCUT2D eigenvalue weighted by Gasteiger charge is -2.23. The normalized spacial score (nSPS) is 13.5. The number of benzene rings is 1. The summed E-state index contributed by atoms with van der Waals surface area (Å²) >= 11 is 1.81. The molecule has 0 atom stereocenters. The van der Waals surface area contributed by atoms with Crippen LogP contribution in [0.4, 0.5) is 5.82 Å².